The van der Waals surface area contributed by atoms with E-state index in [1.165, 1.54) is 0 Å². The Morgan fingerprint density at radius 3 is 2.78 bits per heavy atom. The topological polar surface area (TPSA) is 76.9 Å². The highest BCUT2D eigenvalue weighted by atomic mass is 16.5. The summed E-state index contributed by atoms with van der Waals surface area (Å²) in [7, 11) is 1.63. The number of methoxy groups -OCH3 is 1. The van der Waals surface area contributed by atoms with Gasteiger partial charge in [0.05, 0.1) is 13.7 Å². The van der Waals surface area contributed by atoms with Crippen molar-refractivity contribution in [3.8, 4) is 5.75 Å². The fraction of sp³-hybridized carbons (Fsp3) is 0.231. The number of nitrogen functional groups attached to an aromatic ring is 1. The largest absolute Gasteiger partial charge is 0.496 e. The molecule has 0 aliphatic heterocycles. The maximum absolute atomic E-state index is 7.47. The summed E-state index contributed by atoms with van der Waals surface area (Å²) in [5.41, 5.74) is 8.22. The number of nitrogens with zero attached hydrogens (tertiary/aromatic N) is 2. The monoisotopic (exact) mass is 244 g/mol. The molecular formula is C13H16N4O. The van der Waals surface area contributed by atoms with E-state index >= 15 is 0 Å². The van der Waals surface area contributed by atoms with Crippen molar-refractivity contribution < 1.29 is 4.74 Å². The molecule has 0 saturated carbocycles. The van der Waals surface area contributed by atoms with Crippen molar-refractivity contribution >= 4 is 5.84 Å². The molecule has 0 aliphatic carbocycles. The molecule has 2 aromatic rings. The summed E-state index contributed by atoms with van der Waals surface area (Å²) in [5, 5.41) is 11.7. The van der Waals surface area contributed by atoms with Crippen LogP contribution in [-0.2, 0) is 6.54 Å². The molecule has 0 amide bonds. The van der Waals surface area contributed by atoms with E-state index in [9.17, 15) is 0 Å². The zero-order valence-corrected chi connectivity index (χ0v) is 10.5. The third kappa shape index (κ3) is 2.34. The van der Waals surface area contributed by atoms with Crippen LogP contribution >= 0.6 is 0 Å². The van der Waals surface area contributed by atoms with Gasteiger partial charge in [0.15, 0.2) is 0 Å². The molecule has 0 radical (unpaired) electrons. The van der Waals surface area contributed by atoms with Gasteiger partial charge in [0.25, 0.3) is 0 Å². The first-order valence-corrected chi connectivity index (χ1v) is 5.61. The second-order valence-corrected chi connectivity index (χ2v) is 4.07. The van der Waals surface area contributed by atoms with Crippen LogP contribution in [0.5, 0.6) is 5.75 Å². The highest BCUT2D eigenvalue weighted by Gasteiger charge is 2.08. The van der Waals surface area contributed by atoms with E-state index in [0.29, 0.717) is 12.1 Å². The first-order valence-electron chi connectivity index (χ1n) is 5.61. The molecule has 0 fully saturated rings. The predicted molar refractivity (Wildman–Crippen MR) is 70.1 cm³/mol. The number of rotatable bonds is 4. The molecule has 5 nitrogen and oxygen atoms in total. The number of amidine groups is 1. The lowest BCUT2D eigenvalue weighted by molar-refractivity contribution is 0.407. The first-order chi connectivity index (χ1) is 8.61. The first kappa shape index (κ1) is 12.2. The summed E-state index contributed by atoms with van der Waals surface area (Å²) in [6.07, 6.45) is 1.76. The van der Waals surface area contributed by atoms with E-state index in [1.807, 2.05) is 29.8 Å². The van der Waals surface area contributed by atoms with Crippen molar-refractivity contribution in [2.24, 2.45) is 5.73 Å². The third-order valence-corrected chi connectivity index (χ3v) is 2.84. The maximum atomic E-state index is 7.47. The van der Waals surface area contributed by atoms with Gasteiger partial charge in [-0.05, 0) is 31.2 Å². The second-order valence-electron chi connectivity index (χ2n) is 4.07. The molecule has 1 aromatic carbocycles. The van der Waals surface area contributed by atoms with Gasteiger partial charge in [-0.2, -0.15) is 5.10 Å². The average molecular weight is 244 g/mol. The van der Waals surface area contributed by atoms with Gasteiger partial charge in [-0.3, -0.25) is 10.1 Å². The molecule has 0 saturated heterocycles. The average Bonchev–Trinajstić information content (AvgIpc) is 2.75. The lowest BCUT2D eigenvalue weighted by atomic mass is 10.1. The van der Waals surface area contributed by atoms with Gasteiger partial charge in [0.2, 0.25) is 0 Å². The highest BCUT2D eigenvalue weighted by Crippen LogP contribution is 2.21. The SMILES string of the molecule is COc1ccc(C(=N)N)cc1Cn1nccc1C. The Kier molecular flexibility index (Phi) is 3.32. The summed E-state index contributed by atoms with van der Waals surface area (Å²) < 4.78 is 7.19. The molecule has 2 rings (SSSR count). The van der Waals surface area contributed by atoms with Crippen LogP contribution < -0.4 is 10.5 Å². The fourth-order valence-corrected chi connectivity index (χ4v) is 1.80. The molecule has 0 aliphatic rings. The van der Waals surface area contributed by atoms with Crippen LogP contribution in [0.25, 0.3) is 0 Å². The number of aryl methyl sites for hydroxylation is 1. The summed E-state index contributed by atoms with van der Waals surface area (Å²) in [6.45, 7) is 2.59. The molecule has 0 spiro atoms. The van der Waals surface area contributed by atoms with Gasteiger partial charge in [0, 0.05) is 23.0 Å². The second kappa shape index (κ2) is 4.91. The van der Waals surface area contributed by atoms with Crippen LogP contribution in [0.1, 0.15) is 16.8 Å². The molecule has 5 heteroatoms. The van der Waals surface area contributed by atoms with Crippen LogP contribution in [0.4, 0.5) is 0 Å². The van der Waals surface area contributed by atoms with E-state index < -0.39 is 0 Å². The van der Waals surface area contributed by atoms with Crippen LogP contribution in [0.2, 0.25) is 0 Å². The lowest BCUT2D eigenvalue weighted by Gasteiger charge is -2.11. The number of hydrogen-bond donors (Lipinski definition) is 2. The standard InChI is InChI=1S/C13H16N4O/c1-9-5-6-16-17(9)8-11-7-10(13(14)15)3-4-12(11)18-2/h3-7H,8H2,1-2H3,(H3,14,15). The Morgan fingerprint density at radius 1 is 1.44 bits per heavy atom. The Hall–Kier alpha value is -2.30. The summed E-state index contributed by atoms with van der Waals surface area (Å²) in [6, 6.07) is 7.41. The van der Waals surface area contributed by atoms with Crippen LogP contribution in [0, 0.1) is 12.3 Å². The number of benzene rings is 1. The molecule has 0 unspecified atom stereocenters. The Bertz CT molecular complexity index is 574. The van der Waals surface area contributed by atoms with Gasteiger partial charge in [-0.15, -0.1) is 0 Å². The van der Waals surface area contributed by atoms with E-state index in [-0.39, 0.29) is 5.84 Å². The molecule has 0 bridgehead atoms. The number of nitrogens with two attached hydrogens (primary N) is 1. The van der Waals surface area contributed by atoms with Crippen molar-refractivity contribution in [2.75, 3.05) is 7.11 Å². The van der Waals surface area contributed by atoms with Crippen LogP contribution in [-0.4, -0.2) is 22.7 Å². The van der Waals surface area contributed by atoms with E-state index in [1.54, 1.807) is 19.4 Å². The number of ether oxygens (including phenoxy) is 1. The minimum absolute atomic E-state index is 0.0519. The van der Waals surface area contributed by atoms with Gasteiger partial charge >= 0.3 is 0 Å². The summed E-state index contributed by atoms with van der Waals surface area (Å²) in [4.78, 5) is 0. The molecular weight excluding hydrogens is 228 g/mol. The Balaban J connectivity index is 2.38. The van der Waals surface area contributed by atoms with E-state index in [4.69, 9.17) is 15.9 Å². The predicted octanol–water partition coefficient (Wildman–Crippen LogP) is 1.53. The van der Waals surface area contributed by atoms with Crippen molar-refractivity contribution in [3.63, 3.8) is 0 Å². The minimum Gasteiger partial charge on any atom is -0.496 e. The lowest BCUT2D eigenvalue weighted by Crippen LogP contribution is -2.12. The Morgan fingerprint density at radius 2 is 2.22 bits per heavy atom. The van der Waals surface area contributed by atoms with Crippen LogP contribution in [0.3, 0.4) is 0 Å². The number of nitrogens with one attached hydrogen (secondary N) is 1. The van der Waals surface area contributed by atoms with E-state index in [0.717, 1.165) is 17.0 Å². The smallest absolute Gasteiger partial charge is 0.123 e. The zero-order valence-electron chi connectivity index (χ0n) is 10.5. The Labute approximate surface area is 106 Å². The van der Waals surface area contributed by atoms with Crippen molar-refractivity contribution in [3.05, 3.63) is 47.3 Å². The highest BCUT2D eigenvalue weighted by molar-refractivity contribution is 5.95. The number of hydrogen-bond acceptors (Lipinski definition) is 3. The molecule has 0 atom stereocenters. The summed E-state index contributed by atoms with van der Waals surface area (Å²) >= 11 is 0. The minimum atomic E-state index is 0.0519. The molecule has 1 aromatic heterocycles. The van der Waals surface area contributed by atoms with E-state index in [2.05, 4.69) is 5.10 Å². The van der Waals surface area contributed by atoms with Crippen molar-refractivity contribution in [2.45, 2.75) is 13.5 Å². The number of aromatic nitrogens is 2. The normalized spacial score (nSPS) is 10.3. The maximum Gasteiger partial charge on any atom is 0.123 e. The van der Waals surface area contributed by atoms with Gasteiger partial charge in [-0.1, -0.05) is 0 Å². The molecule has 3 N–H and O–H groups in total. The van der Waals surface area contributed by atoms with Crippen molar-refractivity contribution in [1.82, 2.24) is 9.78 Å². The van der Waals surface area contributed by atoms with Gasteiger partial charge in [-0.25, -0.2) is 0 Å². The van der Waals surface area contributed by atoms with Gasteiger partial charge in [0.1, 0.15) is 11.6 Å². The van der Waals surface area contributed by atoms with Gasteiger partial charge < -0.3 is 10.5 Å². The molecule has 18 heavy (non-hydrogen) atoms. The fourth-order valence-electron chi connectivity index (χ4n) is 1.80. The summed E-state index contributed by atoms with van der Waals surface area (Å²) in [5.74, 6) is 0.825. The quantitative estimate of drug-likeness (QED) is 0.632. The molecule has 94 valence electrons. The van der Waals surface area contributed by atoms with Crippen molar-refractivity contribution in [1.29, 1.82) is 5.41 Å². The van der Waals surface area contributed by atoms with Crippen LogP contribution in [0.15, 0.2) is 30.5 Å². The molecule has 1 heterocycles. The zero-order chi connectivity index (χ0) is 13.1. The third-order valence-electron chi connectivity index (χ3n) is 2.84.